The molecule has 0 aromatic heterocycles. The van der Waals surface area contributed by atoms with E-state index in [1.54, 1.807) is 0 Å². The summed E-state index contributed by atoms with van der Waals surface area (Å²) in [6, 6.07) is 0. The van der Waals surface area contributed by atoms with Gasteiger partial charge in [0.25, 0.3) is 0 Å². The quantitative estimate of drug-likeness (QED) is 0.666. The number of carbonyl (C=O) groups excluding carboxylic acids is 1. The second kappa shape index (κ2) is 6.17. The highest BCUT2D eigenvalue weighted by Gasteiger charge is 2.26. The van der Waals surface area contributed by atoms with Crippen LogP contribution < -0.4 is 0 Å². The van der Waals surface area contributed by atoms with Crippen molar-refractivity contribution < 1.29 is 4.79 Å². The summed E-state index contributed by atoms with van der Waals surface area (Å²) in [4.78, 5) is 16.6. The van der Waals surface area contributed by atoms with Crippen LogP contribution in [0.4, 0.5) is 0 Å². The zero-order chi connectivity index (χ0) is 11.2. The second-order valence-electron chi connectivity index (χ2n) is 5.16. The van der Waals surface area contributed by atoms with E-state index in [9.17, 15) is 4.79 Å². The molecular weight excluding hydrogens is 198 g/mol. The Morgan fingerprint density at radius 3 is 2.50 bits per heavy atom. The highest BCUT2D eigenvalue weighted by Crippen LogP contribution is 2.25. The van der Waals surface area contributed by atoms with Crippen molar-refractivity contribution in [2.45, 2.75) is 64.2 Å². The summed E-state index contributed by atoms with van der Waals surface area (Å²) in [5.74, 6) is 0.663. The third kappa shape index (κ3) is 3.16. The van der Waals surface area contributed by atoms with Crippen molar-refractivity contribution in [2.75, 3.05) is 6.54 Å². The van der Waals surface area contributed by atoms with Crippen LogP contribution in [0, 0.1) is 5.92 Å². The summed E-state index contributed by atoms with van der Waals surface area (Å²) in [7, 11) is 0. The number of hydrogen-bond donors (Lipinski definition) is 0. The molecule has 0 N–H and O–H groups in total. The van der Waals surface area contributed by atoms with E-state index in [4.69, 9.17) is 4.99 Å². The van der Waals surface area contributed by atoms with Crippen LogP contribution in [-0.2, 0) is 4.79 Å². The third-order valence-corrected chi connectivity index (χ3v) is 3.86. The molecule has 2 heteroatoms. The molecule has 0 aromatic rings. The largest absolute Gasteiger partial charge is 0.299 e. The number of Topliss-reactive ketones (excluding diaryl/α,β-unsaturated/α-hetero) is 1. The van der Waals surface area contributed by atoms with Crippen LogP contribution in [0.1, 0.15) is 64.2 Å². The lowest BCUT2D eigenvalue weighted by Crippen LogP contribution is -2.27. The summed E-state index contributed by atoms with van der Waals surface area (Å²) >= 11 is 0. The van der Waals surface area contributed by atoms with E-state index in [-0.39, 0.29) is 5.92 Å². The summed E-state index contributed by atoms with van der Waals surface area (Å²) in [5, 5.41) is 0. The highest BCUT2D eigenvalue weighted by atomic mass is 16.1. The molecule has 1 atom stereocenters. The Balaban J connectivity index is 2.00. The molecule has 16 heavy (non-hydrogen) atoms. The van der Waals surface area contributed by atoms with Gasteiger partial charge in [-0.2, -0.15) is 0 Å². The summed E-state index contributed by atoms with van der Waals surface area (Å²) in [6.45, 7) is 0.957. The first-order chi connectivity index (χ1) is 7.88. The molecule has 0 unspecified atom stereocenters. The molecule has 0 saturated heterocycles. The van der Waals surface area contributed by atoms with E-state index < -0.39 is 0 Å². The van der Waals surface area contributed by atoms with Gasteiger partial charge in [-0.25, -0.2) is 0 Å². The molecular formula is C14H23NO. The predicted octanol–water partition coefficient (Wildman–Crippen LogP) is 3.54. The molecule has 2 aliphatic rings. The van der Waals surface area contributed by atoms with Crippen LogP contribution in [0.2, 0.25) is 0 Å². The molecule has 0 amide bonds. The lowest BCUT2D eigenvalue weighted by molar-refractivity contribution is -0.122. The van der Waals surface area contributed by atoms with Crippen molar-refractivity contribution in [3.63, 3.8) is 0 Å². The molecule has 0 spiro atoms. The van der Waals surface area contributed by atoms with Crippen LogP contribution >= 0.6 is 0 Å². The molecule has 0 aromatic carbocycles. The van der Waals surface area contributed by atoms with E-state index >= 15 is 0 Å². The molecule has 1 fully saturated rings. The molecule has 1 saturated carbocycles. The molecule has 1 aliphatic carbocycles. The van der Waals surface area contributed by atoms with Crippen molar-refractivity contribution in [1.82, 2.24) is 0 Å². The van der Waals surface area contributed by atoms with Crippen LogP contribution in [0.3, 0.4) is 0 Å². The number of ketones is 1. The lowest BCUT2D eigenvalue weighted by atomic mass is 9.83. The number of carbonyl (C=O) groups is 1. The fourth-order valence-electron chi connectivity index (χ4n) is 2.87. The summed E-state index contributed by atoms with van der Waals surface area (Å²) in [5.41, 5.74) is 1.24. The van der Waals surface area contributed by atoms with Gasteiger partial charge in [0.1, 0.15) is 5.78 Å². The van der Waals surface area contributed by atoms with Gasteiger partial charge in [-0.1, -0.05) is 25.7 Å². The third-order valence-electron chi connectivity index (χ3n) is 3.86. The number of hydrogen-bond acceptors (Lipinski definition) is 2. The Bertz CT molecular complexity index is 270. The lowest BCUT2D eigenvalue weighted by Gasteiger charge is -2.22. The Kier molecular flexibility index (Phi) is 4.55. The van der Waals surface area contributed by atoms with Crippen LogP contribution in [-0.4, -0.2) is 18.0 Å². The molecule has 1 aliphatic heterocycles. The van der Waals surface area contributed by atoms with E-state index in [2.05, 4.69) is 0 Å². The molecule has 2 rings (SSSR count). The fourth-order valence-corrected chi connectivity index (χ4v) is 2.87. The topological polar surface area (TPSA) is 29.4 Å². The smallest absolute Gasteiger partial charge is 0.141 e. The minimum absolute atomic E-state index is 0.201. The Morgan fingerprint density at radius 1 is 0.875 bits per heavy atom. The van der Waals surface area contributed by atoms with Crippen molar-refractivity contribution in [3.8, 4) is 0 Å². The monoisotopic (exact) mass is 221 g/mol. The first-order valence-electron chi connectivity index (χ1n) is 6.94. The van der Waals surface area contributed by atoms with Gasteiger partial charge in [0.2, 0.25) is 0 Å². The van der Waals surface area contributed by atoms with Crippen molar-refractivity contribution in [2.24, 2.45) is 10.9 Å². The molecule has 1 heterocycles. The number of aliphatic imine (C=N–C) groups is 1. The van der Waals surface area contributed by atoms with Crippen molar-refractivity contribution >= 4 is 11.5 Å². The van der Waals surface area contributed by atoms with Crippen LogP contribution in [0.15, 0.2) is 4.99 Å². The summed E-state index contributed by atoms with van der Waals surface area (Å²) in [6.07, 6.45) is 11.7. The zero-order valence-corrected chi connectivity index (χ0v) is 10.2. The van der Waals surface area contributed by atoms with Crippen molar-refractivity contribution in [1.29, 1.82) is 0 Å². The van der Waals surface area contributed by atoms with Gasteiger partial charge in [0, 0.05) is 18.7 Å². The SMILES string of the molecule is O=C1CCCC[C@@H]1C1=NCCCCCCC1. The van der Waals surface area contributed by atoms with Crippen LogP contribution in [0.5, 0.6) is 0 Å². The number of rotatable bonds is 1. The van der Waals surface area contributed by atoms with Crippen molar-refractivity contribution in [3.05, 3.63) is 0 Å². The first-order valence-corrected chi connectivity index (χ1v) is 6.94. The minimum atomic E-state index is 0.201. The van der Waals surface area contributed by atoms with E-state index in [1.165, 1.54) is 44.2 Å². The normalized spacial score (nSPS) is 28.9. The Hall–Kier alpha value is -0.660. The van der Waals surface area contributed by atoms with Gasteiger partial charge in [0.15, 0.2) is 0 Å². The standard InChI is InChI=1S/C14H23NO/c16-14-10-6-5-8-12(14)13-9-4-2-1-3-7-11-15-13/h12H,1-11H2/t12-/m1/s1. The second-order valence-corrected chi connectivity index (χ2v) is 5.16. The van der Waals surface area contributed by atoms with Gasteiger partial charge in [-0.05, 0) is 32.1 Å². The molecule has 0 radical (unpaired) electrons. The zero-order valence-electron chi connectivity index (χ0n) is 10.2. The van der Waals surface area contributed by atoms with Gasteiger partial charge in [-0.3, -0.25) is 9.79 Å². The average Bonchev–Trinajstić information content (AvgIpc) is 2.43. The Morgan fingerprint density at radius 2 is 1.62 bits per heavy atom. The fraction of sp³-hybridized carbons (Fsp3) is 0.857. The van der Waals surface area contributed by atoms with Gasteiger partial charge < -0.3 is 0 Å². The Labute approximate surface area is 98.5 Å². The molecule has 90 valence electrons. The van der Waals surface area contributed by atoms with Crippen LogP contribution in [0.25, 0.3) is 0 Å². The van der Waals surface area contributed by atoms with Gasteiger partial charge >= 0.3 is 0 Å². The van der Waals surface area contributed by atoms with Gasteiger partial charge in [0.05, 0.1) is 5.92 Å². The minimum Gasteiger partial charge on any atom is -0.299 e. The van der Waals surface area contributed by atoms with E-state index in [0.29, 0.717) is 5.78 Å². The highest BCUT2D eigenvalue weighted by molar-refractivity contribution is 6.05. The van der Waals surface area contributed by atoms with E-state index in [0.717, 1.165) is 32.2 Å². The molecule has 2 nitrogen and oxygen atoms in total. The number of nitrogens with zero attached hydrogens (tertiary/aromatic N) is 1. The maximum absolute atomic E-state index is 11.9. The maximum Gasteiger partial charge on any atom is 0.141 e. The summed E-state index contributed by atoms with van der Waals surface area (Å²) < 4.78 is 0. The first kappa shape index (κ1) is 11.8. The maximum atomic E-state index is 11.9. The predicted molar refractivity (Wildman–Crippen MR) is 67.0 cm³/mol. The van der Waals surface area contributed by atoms with E-state index in [1.807, 2.05) is 0 Å². The molecule has 0 bridgehead atoms. The average molecular weight is 221 g/mol. The van der Waals surface area contributed by atoms with Gasteiger partial charge in [-0.15, -0.1) is 0 Å².